The van der Waals surface area contributed by atoms with Crippen LogP contribution in [-0.2, 0) is 16.6 Å². The van der Waals surface area contributed by atoms with Gasteiger partial charge in [0.25, 0.3) is 0 Å². The summed E-state index contributed by atoms with van der Waals surface area (Å²) < 4.78 is 28.1. The highest BCUT2D eigenvalue weighted by molar-refractivity contribution is 7.89. The number of benzene rings is 1. The first kappa shape index (κ1) is 21.6. The highest BCUT2D eigenvalue weighted by Gasteiger charge is 2.27. The molecule has 0 aliphatic carbocycles. The Morgan fingerprint density at radius 3 is 2.59 bits per heavy atom. The molecular formula is C21H32N4O3S. The number of anilines is 1. The van der Waals surface area contributed by atoms with Gasteiger partial charge >= 0.3 is 6.03 Å². The van der Waals surface area contributed by atoms with E-state index in [0.29, 0.717) is 38.3 Å². The number of aromatic nitrogens is 1. The number of urea groups is 1. The quantitative estimate of drug-likeness (QED) is 0.718. The first-order valence-corrected chi connectivity index (χ1v) is 12.0. The summed E-state index contributed by atoms with van der Waals surface area (Å²) in [7, 11) is -3.16. The Labute approximate surface area is 173 Å². The van der Waals surface area contributed by atoms with Gasteiger partial charge in [-0.25, -0.2) is 17.5 Å². The van der Waals surface area contributed by atoms with Crippen molar-refractivity contribution in [1.82, 2.24) is 14.2 Å². The molecule has 1 fully saturated rings. The summed E-state index contributed by atoms with van der Waals surface area (Å²) in [5, 5.41) is 6.97. The molecule has 0 bridgehead atoms. The van der Waals surface area contributed by atoms with Gasteiger partial charge in [0.15, 0.2) is 0 Å². The van der Waals surface area contributed by atoms with Crippen LogP contribution in [0.5, 0.6) is 0 Å². The van der Waals surface area contributed by atoms with Crippen LogP contribution in [0.2, 0.25) is 0 Å². The zero-order chi connectivity index (χ0) is 21.0. The summed E-state index contributed by atoms with van der Waals surface area (Å²) in [6, 6.07) is 7.72. The van der Waals surface area contributed by atoms with Crippen molar-refractivity contribution in [3.05, 3.63) is 30.5 Å². The van der Waals surface area contributed by atoms with Crippen LogP contribution in [-0.4, -0.2) is 48.2 Å². The first-order chi connectivity index (χ1) is 13.8. The molecule has 2 N–H and O–H groups in total. The van der Waals surface area contributed by atoms with E-state index >= 15 is 0 Å². The van der Waals surface area contributed by atoms with Gasteiger partial charge in [-0.3, -0.25) is 0 Å². The van der Waals surface area contributed by atoms with Crippen molar-refractivity contribution < 1.29 is 13.2 Å². The molecule has 1 aromatic carbocycles. The molecule has 3 rings (SSSR count). The maximum atomic E-state index is 12.4. The predicted molar refractivity (Wildman–Crippen MR) is 118 cm³/mol. The monoisotopic (exact) mass is 420 g/mol. The van der Waals surface area contributed by atoms with Crippen LogP contribution in [0.4, 0.5) is 10.5 Å². The lowest BCUT2D eigenvalue weighted by atomic mass is 10.1. The van der Waals surface area contributed by atoms with Gasteiger partial charge in [0.1, 0.15) is 0 Å². The fourth-order valence-corrected chi connectivity index (χ4v) is 5.39. The zero-order valence-corrected chi connectivity index (χ0v) is 18.3. The molecule has 7 nitrogen and oxygen atoms in total. The Bertz CT molecular complexity index is 944. The standard InChI is InChI=1S/C21H32N4O3S/c1-4-13-29(27,28)25-11-8-18(9-12-25)22-21(26)23-19-5-6-20-17(14-19)7-10-24(20)15-16(2)3/h5-7,10,14,16,18H,4,8-9,11-13,15H2,1-3H3,(H2,22,23,26). The van der Waals surface area contributed by atoms with Crippen molar-refractivity contribution in [1.29, 1.82) is 0 Å². The Hall–Kier alpha value is -2.06. The number of carbonyl (C=O) groups excluding carboxylic acids is 1. The lowest BCUT2D eigenvalue weighted by Gasteiger charge is -2.31. The van der Waals surface area contributed by atoms with Crippen molar-refractivity contribution in [2.75, 3.05) is 24.2 Å². The van der Waals surface area contributed by atoms with E-state index in [1.165, 1.54) is 0 Å². The van der Waals surface area contributed by atoms with E-state index in [1.54, 1.807) is 4.31 Å². The summed E-state index contributed by atoms with van der Waals surface area (Å²) in [6.45, 7) is 8.13. The van der Waals surface area contributed by atoms with E-state index in [0.717, 1.165) is 23.1 Å². The summed E-state index contributed by atoms with van der Waals surface area (Å²) >= 11 is 0. The van der Waals surface area contributed by atoms with Gasteiger partial charge in [0, 0.05) is 48.5 Å². The number of carbonyl (C=O) groups is 1. The number of rotatable bonds is 7. The van der Waals surface area contributed by atoms with Gasteiger partial charge in [-0.05, 0) is 49.4 Å². The molecule has 2 amide bonds. The molecule has 0 radical (unpaired) electrons. The summed E-state index contributed by atoms with van der Waals surface area (Å²) in [5.74, 6) is 0.755. The average molecular weight is 421 g/mol. The van der Waals surface area contributed by atoms with Crippen molar-refractivity contribution in [3.63, 3.8) is 0 Å². The highest BCUT2D eigenvalue weighted by Crippen LogP contribution is 2.22. The van der Waals surface area contributed by atoms with E-state index in [1.807, 2.05) is 25.1 Å². The minimum absolute atomic E-state index is 0.0149. The van der Waals surface area contributed by atoms with Gasteiger partial charge in [-0.1, -0.05) is 20.8 Å². The lowest BCUT2D eigenvalue weighted by molar-refractivity contribution is 0.238. The molecule has 1 saturated heterocycles. The fourth-order valence-electron chi connectivity index (χ4n) is 3.85. The number of piperidine rings is 1. The normalized spacial score (nSPS) is 16.4. The van der Waals surface area contributed by atoms with Crippen LogP contribution in [0.15, 0.2) is 30.5 Å². The van der Waals surface area contributed by atoms with Gasteiger partial charge in [-0.2, -0.15) is 0 Å². The molecule has 1 aliphatic rings. The number of amides is 2. The van der Waals surface area contributed by atoms with Gasteiger partial charge < -0.3 is 15.2 Å². The molecule has 1 aliphatic heterocycles. The van der Waals surface area contributed by atoms with Gasteiger partial charge in [0.2, 0.25) is 10.0 Å². The van der Waals surface area contributed by atoms with Crippen molar-refractivity contribution in [2.24, 2.45) is 5.92 Å². The van der Waals surface area contributed by atoms with E-state index in [2.05, 4.69) is 41.3 Å². The van der Waals surface area contributed by atoms with Crippen LogP contribution in [0.1, 0.15) is 40.0 Å². The van der Waals surface area contributed by atoms with Crippen molar-refractivity contribution in [2.45, 2.75) is 52.6 Å². The van der Waals surface area contributed by atoms with E-state index < -0.39 is 10.0 Å². The summed E-state index contributed by atoms with van der Waals surface area (Å²) in [6.07, 6.45) is 3.96. The highest BCUT2D eigenvalue weighted by atomic mass is 32.2. The van der Waals surface area contributed by atoms with Crippen LogP contribution in [0.3, 0.4) is 0 Å². The third-order valence-electron chi connectivity index (χ3n) is 5.24. The minimum Gasteiger partial charge on any atom is -0.347 e. The molecule has 0 unspecified atom stereocenters. The lowest BCUT2D eigenvalue weighted by Crippen LogP contribution is -2.47. The Morgan fingerprint density at radius 2 is 1.93 bits per heavy atom. The van der Waals surface area contributed by atoms with Crippen molar-refractivity contribution >= 4 is 32.6 Å². The molecule has 160 valence electrons. The smallest absolute Gasteiger partial charge is 0.319 e. The second kappa shape index (κ2) is 9.17. The average Bonchev–Trinajstić information content (AvgIpc) is 3.03. The molecule has 2 aromatic rings. The SMILES string of the molecule is CCCS(=O)(=O)N1CCC(NC(=O)Nc2ccc3c(ccn3CC(C)C)c2)CC1. The maximum absolute atomic E-state index is 12.4. The molecule has 0 saturated carbocycles. The summed E-state index contributed by atoms with van der Waals surface area (Å²) in [5.41, 5.74) is 1.91. The molecule has 2 heterocycles. The number of nitrogens with one attached hydrogen (secondary N) is 2. The van der Waals surface area contributed by atoms with Crippen LogP contribution in [0.25, 0.3) is 10.9 Å². The molecule has 8 heteroatoms. The number of hydrogen-bond donors (Lipinski definition) is 2. The third-order valence-corrected chi connectivity index (χ3v) is 7.31. The van der Waals surface area contributed by atoms with E-state index in [-0.39, 0.29) is 17.8 Å². The van der Waals surface area contributed by atoms with Crippen LogP contribution in [0, 0.1) is 5.92 Å². The third kappa shape index (κ3) is 5.51. The van der Waals surface area contributed by atoms with Gasteiger partial charge in [0.05, 0.1) is 5.75 Å². The number of hydrogen-bond acceptors (Lipinski definition) is 3. The van der Waals surface area contributed by atoms with Crippen LogP contribution < -0.4 is 10.6 Å². The van der Waals surface area contributed by atoms with Gasteiger partial charge in [-0.15, -0.1) is 0 Å². The first-order valence-electron chi connectivity index (χ1n) is 10.4. The zero-order valence-electron chi connectivity index (χ0n) is 17.5. The molecular weight excluding hydrogens is 388 g/mol. The predicted octanol–water partition coefficient (Wildman–Crippen LogP) is 3.62. The fraction of sp³-hybridized carbons (Fsp3) is 0.571. The Morgan fingerprint density at radius 1 is 1.21 bits per heavy atom. The summed E-state index contributed by atoms with van der Waals surface area (Å²) in [4.78, 5) is 12.4. The second-order valence-corrected chi connectivity index (χ2v) is 10.3. The number of nitrogens with zero attached hydrogens (tertiary/aromatic N) is 2. The van der Waals surface area contributed by atoms with Crippen LogP contribution >= 0.6 is 0 Å². The van der Waals surface area contributed by atoms with E-state index in [4.69, 9.17) is 0 Å². The maximum Gasteiger partial charge on any atom is 0.319 e. The Kier molecular flexibility index (Phi) is 6.85. The van der Waals surface area contributed by atoms with E-state index in [9.17, 15) is 13.2 Å². The second-order valence-electron chi connectivity index (χ2n) is 8.22. The number of sulfonamides is 1. The molecule has 1 aromatic heterocycles. The number of fused-ring (bicyclic) bond motifs is 1. The largest absolute Gasteiger partial charge is 0.347 e. The topological polar surface area (TPSA) is 83.4 Å². The van der Waals surface area contributed by atoms with Crippen molar-refractivity contribution in [3.8, 4) is 0 Å². The Balaban J connectivity index is 1.53. The molecule has 0 atom stereocenters. The molecule has 0 spiro atoms. The minimum atomic E-state index is -3.16. The molecule has 29 heavy (non-hydrogen) atoms.